The predicted molar refractivity (Wildman–Crippen MR) is 95.0 cm³/mol. The summed E-state index contributed by atoms with van der Waals surface area (Å²) in [5.74, 6) is 1.20. The first-order chi connectivity index (χ1) is 12.6. The molecule has 0 aliphatic carbocycles. The Balaban J connectivity index is 1.46. The van der Waals surface area contributed by atoms with Gasteiger partial charge in [0.2, 0.25) is 17.6 Å². The molecule has 7 heteroatoms. The van der Waals surface area contributed by atoms with Gasteiger partial charge in [-0.2, -0.15) is 4.98 Å². The van der Waals surface area contributed by atoms with Gasteiger partial charge < -0.3 is 9.26 Å². The molecule has 1 amide bonds. The number of hydrogen-bond donors (Lipinski definition) is 1. The number of ether oxygens (including phenoxy) is 1. The molecule has 1 atom stereocenters. The van der Waals surface area contributed by atoms with Gasteiger partial charge in [-0.05, 0) is 24.3 Å². The molecule has 1 unspecified atom stereocenters. The lowest BCUT2D eigenvalue weighted by molar-refractivity contribution is -0.200. The zero-order chi connectivity index (χ0) is 18.4. The Hall–Kier alpha value is -2.25. The van der Waals surface area contributed by atoms with Crippen molar-refractivity contribution in [1.82, 2.24) is 15.6 Å². The number of amides is 1. The van der Waals surface area contributed by atoms with Gasteiger partial charge in [-0.15, -0.1) is 0 Å². The number of aromatic nitrogens is 2. The summed E-state index contributed by atoms with van der Waals surface area (Å²) in [4.78, 5) is 21.5. The molecule has 7 nitrogen and oxygen atoms in total. The Bertz CT molecular complexity index is 706. The van der Waals surface area contributed by atoms with Crippen LogP contribution in [0.2, 0.25) is 0 Å². The highest BCUT2D eigenvalue weighted by molar-refractivity contribution is 5.74. The topological polar surface area (TPSA) is 86.5 Å². The number of carbonyl (C=O) groups is 1. The number of carbonyl (C=O) groups excluding carboxylic acids is 1. The first kappa shape index (κ1) is 18.5. The summed E-state index contributed by atoms with van der Waals surface area (Å²) < 4.78 is 10.6. The van der Waals surface area contributed by atoms with Gasteiger partial charge in [0.05, 0.1) is 0 Å². The van der Waals surface area contributed by atoms with Gasteiger partial charge in [0.25, 0.3) is 0 Å². The van der Waals surface area contributed by atoms with Crippen LogP contribution in [0.15, 0.2) is 28.8 Å². The quantitative estimate of drug-likeness (QED) is 0.763. The highest BCUT2D eigenvalue weighted by Crippen LogP contribution is 2.20. The van der Waals surface area contributed by atoms with Gasteiger partial charge in [-0.1, -0.05) is 43.3 Å². The van der Waals surface area contributed by atoms with Crippen molar-refractivity contribution in [3.8, 4) is 11.4 Å². The third-order valence-corrected chi connectivity index (χ3v) is 4.31. The third-order valence-electron chi connectivity index (χ3n) is 4.31. The maximum Gasteiger partial charge on any atom is 0.244 e. The second-order valence-corrected chi connectivity index (χ2v) is 6.73. The van der Waals surface area contributed by atoms with E-state index in [1.165, 1.54) is 5.56 Å². The summed E-state index contributed by atoms with van der Waals surface area (Å²) in [6.45, 7) is 4.97. The van der Waals surface area contributed by atoms with Crippen LogP contribution >= 0.6 is 0 Å². The van der Waals surface area contributed by atoms with Crippen LogP contribution in [-0.2, 0) is 20.8 Å². The van der Waals surface area contributed by atoms with Crippen LogP contribution in [0.5, 0.6) is 0 Å². The standard InChI is InChI=1S/C19H25N3O4/c1-13(2)14-6-8-15(9-7-14)19-20-17(25-22-19)11-10-16(23)21-26-18-5-3-4-12-24-18/h6-9,13,18H,3-5,10-12H2,1-2H3,(H,21,23). The Labute approximate surface area is 153 Å². The van der Waals surface area contributed by atoms with Crippen LogP contribution in [0.4, 0.5) is 0 Å². The molecule has 0 saturated carbocycles. The number of hydrogen-bond acceptors (Lipinski definition) is 6. The van der Waals surface area contributed by atoms with Crippen molar-refractivity contribution in [2.24, 2.45) is 0 Å². The van der Waals surface area contributed by atoms with Crippen LogP contribution in [0.1, 0.15) is 56.9 Å². The van der Waals surface area contributed by atoms with Crippen LogP contribution in [0.25, 0.3) is 11.4 Å². The van der Waals surface area contributed by atoms with E-state index in [9.17, 15) is 4.79 Å². The number of nitrogens with one attached hydrogen (secondary N) is 1. The number of nitrogens with zero attached hydrogens (tertiary/aromatic N) is 2. The fraction of sp³-hybridized carbons (Fsp3) is 0.526. The van der Waals surface area contributed by atoms with Crippen molar-refractivity contribution in [1.29, 1.82) is 0 Å². The molecule has 0 bridgehead atoms. The lowest BCUT2D eigenvalue weighted by Gasteiger charge is -2.21. The van der Waals surface area contributed by atoms with Crippen molar-refractivity contribution in [3.05, 3.63) is 35.7 Å². The number of rotatable bonds is 7. The fourth-order valence-corrected chi connectivity index (χ4v) is 2.70. The maximum absolute atomic E-state index is 11.9. The minimum absolute atomic E-state index is 0.209. The van der Waals surface area contributed by atoms with E-state index in [1.54, 1.807) is 0 Å². The number of aryl methyl sites for hydroxylation is 1. The zero-order valence-corrected chi connectivity index (χ0v) is 15.2. The van der Waals surface area contributed by atoms with Crippen LogP contribution in [-0.4, -0.2) is 28.9 Å². The Morgan fingerprint density at radius 2 is 2.12 bits per heavy atom. The number of hydroxylamine groups is 1. The Kier molecular flexibility index (Phi) is 6.35. The molecule has 140 valence electrons. The van der Waals surface area contributed by atoms with Crippen LogP contribution in [0.3, 0.4) is 0 Å². The van der Waals surface area contributed by atoms with E-state index in [4.69, 9.17) is 14.1 Å². The lowest BCUT2D eigenvalue weighted by Crippen LogP contribution is -2.33. The number of benzene rings is 1. The fourth-order valence-electron chi connectivity index (χ4n) is 2.70. The summed E-state index contributed by atoms with van der Waals surface area (Å²) in [6.07, 6.45) is 3.09. The molecule has 2 aromatic rings. The monoisotopic (exact) mass is 359 g/mol. The van der Waals surface area contributed by atoms with E-state index in [1.807, 2.05) is 12.1 Å². The molecule has 1 aliphatic heterocycles. The molecule has 3 rings (SSSR count). The van der Waals surface area contributed by atoms with Gasteiger partial charge in [0.1, 0.15) is 0 Å². The minimum atomic E-state index is -0.350. The van der Waals surface area contributed by atoms with E-state index >= 15 is 0 Å². The van der Waals surface area contributed by atoms with Crippen molar-refractivity contribution in [3.63, 3.8) is 0 Å². The molecular weight excluding hydrogens is 334 g/mol. The first-order valence-electron chi connectivity index (χ1n) is 9.11. The maximum atomic E-state index is 11.9. The minimum Gasteiger partial charge on any atom is -0.350 e. The molecule has 1 saturated heterocycles. The molecule has 1 aromatic heterocycles. The molecule has 1 aliphatic rings. The highest BCUT2D eigenvalue weighted by Gasteiger charge is 2.16. The zero-order valence-electron chi connectivity index (χ0n) is 15.2. The van der Waals surface area contributed by atoms with Crippen molar-refractivity contribution in [2.45, 2.75) is 58.2 Å². The SMILES string of the molecule is CC(C)c1ccc(-c2noc(CCC(=O)NOC3CCCCO3)n2)cc1. The summed E-state index contributed by atoms with van der Waals surface area (Å²) in [6, 6.07) is 8.09. The van der Waals surface area contributed by atoms with E-state index < -0.39 is 0 Å². The van der Waals surface area contributed by atoms with Crippen molar-refractivity contribution in [2.75, 3.05) is 6.61 Å². The molecule has 1 fully saturated rings. The van der Waals surface area contributed by atoms with Crippen LogP contribution < -0.4 is 5.48 Å². The largest absolute Gasteiger partial charge is 0.350 e. The summed E-state index contributed by atoms with van der Waals surface area (Å²) in [5.41, 5.74) is 4.58. The average Bonchev–Trinajstić information content (AvgIpc) is 3.14. The Morgan fingerprint density at radius 3 is 2.81 bits per heavy atom. The van der Waals surface area contributed by atoms with Crippen molar-refractivity contribution >= 4 is 5.91 Å². The van der Waals surface area contributed by atoms with Crippen LogP contribution in [0, 0.1) is 0 Å². The lowest BCUT2D eigenvalue weighted by atomic mass is 10.0. The molecule has 1 N–H and O–H groups in total. The second kappa shape index (κ2) is 8.91. The van der Waals surface area contributed by atoms with Crippen molar-refractivity contribution < 1.29 is 18.9 Å². The van der Waals surface area contributed by atoms with Gasteiger partial charge in [-0.25, -0.2) is 10.3 Å². The molecule has 0 spiro atoms. The first-order valence-corrected chi connectivity index (χ1v) is 9.11. The molecular formula is C19H25N3O4. The summed E-state index contributed by atoms with van der Waals surface area (Å²) in [7, 11) is 0. The van der Waals surface area contributed by atoms with E-state index in [0.717, 1.165) is 24.8 Å². The smallest absolute Gasteiger partial charge is 0.244 e. The summed E-state index contributed by atoms with van der Waals surface area (Å²) in [5, 5.41) is 3.99. The third kappa shape index (κ3) is 5.12. The predicted octanol–water partition coefficient (Wildman–Crippen LogP) is 3.37. The normalized spacial score (nSPS) is 17.4. The van der Waals surface area contributed by atoms with E-state index in [2.05, 4.69) is 41.6 Å². The highest BCUT2D eigenvalue weighted by atomic mass is 16.8. The van der Waals surface area contributed by atoms with Gasteiger partial charge in [-0.3, -0.25) is 4.79 Å². The molecule has 1 aromatic carbocycles. The average molecular weight is 359 g/mol. The van der Waals surface area contributed by atoms with Gasteiger partial charge in [0, 0.05) is 31.4 Å². The molecule has 26 heavy (non-hydrogen) atoms. The second-order valence-electron chi connectivity index (χ2n) is 6.73. The van der Waals surface area contributed by atoms with Gasteiger partial charge in [0.15, 0.2) is 6.29 Å². The van der Waals surface area contributed by atoms with Gasteiger partial charge >= 0.3 is 0 Å². The Morgan fingerprint density at radius 1 is 1.31 bits per heavy atom. The van der Waals surface area contributed by atoms with E-state index in [-0.39, 0.29) is 18.6 Å². The summed E-state index contributed by atoms with van der Waals surface area (Å²) >= 11 is 0. The molecule has 2 heterocycles. The van der Waals surface area contributed by atoms with E-state index in [0.29, 0.717) is 30.7 Å². The molecule has 0 radical (unpaired) electrons.